The van der Waals surface area contributed by atoms with Gasteiger partial charge in [0.15, 0.2) is 0 Å². The predicted octanol–water partition coefficient (Wildman–Crippen LogP) is 3.12. The zero-order valence-electron chi connectivity index (χ0n) is 14.9. The van der Waals surface area contributed by atoms with E-state index in [0.717, 1.165) is 30.8 Å². The van der Waals surface area contributed by atoms with Gasteiger partial charge in [-0.25, -0.2) is 4.68 Å². The summed E-state index contributed by atoms with van der Waals surface area (Å²) < 4.78 is 1.92. The normalized spacial score (nSPS) is 19.2. The van der Waals surface area contributed by atoms with Crippen molar-refractivity contribution in [3.05, 3.63) is 35.9 Å². The molecule has 1 aromatic carbocycles. The molecule has 0 atom stereocenters. The molecule has 0 bridgehead atoms. The highest BCUT2D eigenvalue weighted by Crippen LogP contribution is 2.47. The Kier molecular flexibility index (Phi) is 5.24. The molecule has 0 spiro atoms. The van der Waals surface area contributed by atoms with Gasteiger partial charge in [-0.05, 0) is 41.7 Å². The zero-order valence-corrected chi connectivity index (χ0v) is 15.7. The molecule has 1 aromatic heterocycles. The zero-order chi connectivity index (χ0) is 17.8. The summed E-state index contributed by atoms with van der Waals surface area (Å²) in [7, 11) is 0. The molecule has 1 amide bonds. The van der Waals surface area contributed by atoms with E-state index in [1.54, 1.807) is 0 Å². The maximum Gasteiger partial charge on any atom is 0.230 e. The quantitative estimate of drug-likeness (QED) is 0.757. The lowest BCUT2D eigenvalue weighted by molar-refractivity contribution is -0.118. The first-order chi connectivity index (χ1) is 12.8. The van der Waals surface area contributed by atoms with E-state index in [9.17, 15) is 4.79 Å². The fourth-order valence-corrected chi connectivity index (χ4v) is 4.57. The highest BCUT2D eigenvalue weighted by atomic mass is 32.2. The van der Waals surface area contributed by atoms with Gasteiger partial charge in [0, 0.05) is 12.0 Å². The van der Waals surface area contributed by atoms with Crippen LogP contribution in [0.15, 0.2) is 35.5 Å². The summed E-state index contributed by atoms with van der Waals surface area (Å²) in [6.45, 7) is 0.712. The summed E-state index contributed by atoms with van der Waals surface area (Å²) >= 11 is 1.44. The van der Waals surface area contributed by atoms with Gasteiger partial charge in [0.05, 0.1) is 11.8 Å². The van der Waals surface area contributed by atoms with Crippen LogP contribution in [-0.2, 0) is 10.2 Å². The van der Waals surface area contributed by atoms with Gasteiger partial charge < -0.3 is 5.32 Å². The van der Waals surface area contributed by atoms with Crippen molar-refractivity contribution < 1.29 is 4.79 Å². The smallest absolute Gasteiger partial charge is 0.230 e. The first-order valence-electron chi connectivity index (χ1n) is 9.50. The Hall–Kier alpha value is -1.89. The number of thioether (sulfide) groups is 1. The molecule has 138 valence electrons. The van der Waals surface area contributed by atoms with Crippen molar-refractivity contribution in [2.45, 2.75) is 61.6 Å². The molecule has 0 radical (unpaired) electrons. The number of aromatic nitrogens is 4. The number of hydrogen-bond acceptors (Lipinski definition) is 5. The van der Waals surface area contributed by atoms with Crippen LogP contribution < -0.4 is 5.32 Å². The lowest BCUT2D eigenvalue weighted by Crippen LogP contribution is -2.33. The van der Waals surface area contributed by atoms with Crippen LogP contribution in [0.25, 0.3) is 0 Å². The fourth-order valence-electron chi connectivity index (χ4n) is 3.79. The topological polar surface area (TPSA) is 72.7 Å². The van der Waals surface area contributed by atoms with Gasteiger partial charge in [-0.3, -0.25) is 4.79 Å². The summed E-state index contributed by atoms with van der Waals surface area (Å²) in [5.41, 5.74) is 1.47. The third kappa shape index (κ3) is 3.92. The monoisotopic (exact) mass is 371 g/mol. The van der Waals surface area contributed by atoms with Crippen molar-refractivity contribution in [2.75, 3.05) is 12.3 Å². The van der Waals surface area contributed by atoms with Crippen molar-refractivity contribution in [1.29, 1.82) is 0 Å². The largest absolute Gasteiger partial charge is 0.354 e. The van der Waals surface area contributed by atoms with Crippen molar-refractivity contribution in [1.82, 2.24) is 25.5 Å². The van der Waals surface area contributed by atoms with E-state index in [-0.39, 0.29) is 11.3 Å². The summed E-state index contributed by atoms with van der Waals surface area (Å²) in [5.74, 6) is 0.410. The Labute approximate surface area is 158 Å². The Morgan fingerprint density at radius 3 is 2.69 bits per heavy atom. The SMILES string of the molecule is O=C(CSc1nnnn1C1CCCCC1)NCC1(c2ccccc2)CC1. The van der Waals surface area contributed by atoms with Gasteiger partial charge in [-0.1, -0.05) is 61.4 Å². The Morgan fingerprint density at radius 2 is 1.96 bits per heavy atom. The number of carbonyl (C=O) groups excluding carboxylic acids is 1. The lowest BCUT2D eigenvalue weighted by atomic mass is 9.96. The Morgan fingerprint density at radius 1 is 1.19 bits per heavy atom. The van der Waals surface area contributed by atoms with Crippen LogP contribution in [0.3, 0.4) is 0 Å². The molecule has 2 aliphatic carbocycles. The molecule has 0 unspecified atom stereocenters. The van der Waals surface area contributed by atoms with Crippen LogP contribution >= 0.6 is 11.8 Å². The van der Waals surface area contributed by atoms with Crippen LogP contribution in [0.2, 0.25) is 0 Å². The number of tetrazole rings is 1. The summed E-state index contributed by atoms with van der Waals surface area (Å²) in [5, 5.41) is 16.0. The van der Waals surface area contributed by atoms with Crippen molar-refractivity contribution in [2.24, 2.45) is 0 Å². The Bertz CT molecular complexity index is 737. The van der Waals surface area contributed by atoms with Gasteiger partial charge in [0.2, 0.25) is 11.1 Å². The third-order valence-electron chi connectivity index (χ3n) is 5.58. The highest BCUT2D eigenvalue weighted by molar-refractivity contribution is 7.99. The van der Waals surface area contributed by atoms with E-state index < -0.39 is 0 Å². The molecule has 4 rings (SSSR count). The maximum absolute atomic E-state index is 12.3. The minimum absolute atomic E-state index is 0.0513. The predicted molar refractivity (Wildman–Crippen MR) is 101 cm³/mol. The number of nitrogens with zero attached hydrogens (tertiary/aromatic N) is 4. The number of rotatable bonds is 7. The molecule has 26 heavy (non-hydrogen) atoms. The van der Waals surface area contributed by atoms with E-state index in [1.165, 1.54) is 36.6 Å². The van der Waals surface area contributed by atoms with E-state index >= 15 is 0 Å². The van der Waals surface area contributed by atoms with Gasteiger partial charge in [0.25, 0.3) is 0 Å². The molecule has 6 nitrogen and oxygen atoms in total. The van der Waals surface area contributed by atoms with Gasteiger partial charge in [-0.15, -0.1) is 5.10 Å². The van der Waals surface area contributed by atoms with Crippen LogP contribution in [0, 0.1) is 0 Å². The molecular weight excluding hydrogens is 346 g/mol. The second kappa shape index (κ2) is 7.78. The molecule has 2 aromatic rings. The first kappa shape index (κ1) is 17.5. The van der Waals surface area contributed by atoms with E-state index in [4.69, 9.17) is 0 Å². The van der Waals surface area contributed by atoms with E-state index in [0.29, 0.717) is 18.3 Å². The minimum atomic E-state index is 0.0513. The number of hydrogen-bond donors (Lipinski definition) is 1. The van der Waals surface area contributed by atoms with Gasteiger partial charge in [0.1, 0.15) is 0 Å². The fraction of sp³-hybridized carbons (Fsp3) is 0.579. The molecule has 1 N–H and O–H groups in total. The average Bonchev–Trinajstić information content (AvgIpc) is 3.35. The molecule has 2 fully saturated rings. The molecule has 0 aliphatic heterocycles. The highest BCUT2D eigenvalue weighted by Gasteiger charge is 2.44. The average molecular weight is 372 g/mol. The van der Waals surface area contributed by atoms with Crippen LogP contribution in [0.1, 0.15) is 56.6 Å². The van der Waals surface area contributed by atoms with E-state index in [1.807, 2.05) is 10.7 Å². The molecule has 1 heterocycles. The second-order valence-corrected chi connectivity index (χ2v) is 8.35. The lowest BCUT2D eigenvalue weighted by Gasteiger charge is -2.22. The van der Waals surface area contributed by atoms with Crippen molar-refractivity contribution >= 4 is 17.7 Å². The summed E-state index contributed by atoms with van der Waals surface area (Å²) in [4.78, 5) is 12.3. The molecule has 7 heteroatoms. The molecule has 2 aliphatic rings. The number of carbonyl (C=O) groups is 1. The molecule has 0 saturated heterocycles. The summed E-state index contributed by atoms with van der Waals surface area (Å²) in [6.07, 6.45) is 8.31. The number of nitrogens with one attached hydrogen (secondary N) is 1. The first-order valence-corrected chi connectivity index (χ1v) is 10.5. The van der Waals surface area contributed by atoms with Gasteiger partial charge >= 0.3 is 0 Å². The summed E-state index contributed by atoms with van der Waals surface area (Å²) in [6, 6.07) is 10.9. The van der Waals surface area contributed by atoms with Crippen LogP contribution in [0.4, 0.5) is 0 Å². The molecular formula is C19H25N5OS. The van der Waals surface area contributed by atoms with E-state index in [2.05, 4.69) is 45.1 Å². The number of benzene rings is 1. The van der Waals surface area contributed by atoms with Crippen molar-refractivity contribution in [3.63, 3.8) is 0 Å². The van der Waals surface area contributed by atoms with Crippen molar-refractivity contribution in [3.8, 4) is 0 Å². The Balaban J connectivity index is 1.28. The second-order valence-electron chi connectivity index (χ2n) is 7.41. The van der Waals surface area contributed by atoms with Crippen LogP contribution in [0.5, 0.6) is 0 Å². The molecule has 2 saturated carbocycles. The maximum atomic E-state index is 12.3. The van der Waals surface area contributed by atoms with Gasteiger partial charge in [-0.2, -0.15) is 0 Å². The third-order valence-corrected chi connectivity index (χ3v) is 6.51. The number of amides is 1. The standard InChI is InChI=1S/C19H25N5OS/c25-17(20-14-19(11-12-19)15-7-3-1-4-8-15)13-26-18-21-22-23-24(18)16-9-5-2-6-10-16/h1,3-4,7-8,16H,2,5-6,9-14H2,(H,20,25). The minimum Gasteiger partial charge on any atom is -0.354 e. The van der Waals surface area contributed by atoms with Crippen LogP contribution in [-0.4, -0.2) is 38.4 Å².